The zero-order chi connectivity index (χ0) is 9.84. The first kappa shape index (κ1) is 9.46. The summed E-state index contributed by atoms with van der Waals surface area (Å²) in [6.45, 7) is 1.64. The highest BCUT2D eigenvalue weighted by atomic mass is 16.4. The van der Waals surface area contributed by atoms with Gasteiger partial charge in [-0.25, -0.2) is 0 Å². The number of hydrogen-bond acceptors (Lipinski definition) is 6. The van der Waals surface area contributed by atoms with Crippen molar-refractivity contribution in [1.82, 2.24) is 20.4 Å². The van der Waals surface area contributed by atoms with Crippen LogP contribution < -0.4 is 5.73 Å². The highest BCUT2D eigenvalue weighted by Gasteiger charge is 2.14. The summed E-state index contributed by atoms with van der Waals surface area (Å²) >= 11 is 0. The number of carbonyl (C=O) groups is 1. The fourth-order valence-electron chi connectivity index (χ4n) is 0.666. The molecule has 0 saturated carbocycles. The minimum Gasteiger partial charge on any atom is -0.480 e. The van der Waals surface area contributed by atoms with Gasteiger partial charge in [-0.1, -0.05) is 0 Å². The Labute approximate surface area is 74.0 Å². The third-order valence-electron chi connectivity index (χ3n) is 1.34. The summed E-state index contributed by atoms with van der Waals surface area (Å²) in [6, 6.07) is -1.01. The van der Waals surface area contributed by atoms with E-state index in [9.17, 15) is 4.79 Å². The van der Waals surface area contributed by atoms with E-state index in [1.807, 2.05) is 0 Å². The van der Waals surface area contributed by atoms with Crippen LogP contribution in [0.25, 0.3) is 0 Å². The summed E-state index contributed by atoms with van der Waals surface area (Å²) in [5.41, 5.74) is 5.25. The molecule has 0 saturated heterocycles. The van der Waals surface area contributed by atoms with Crippen molar-refractivity contribution in [3.05, 3.63) is 11.6 Å². The molecule has 1 aromatic rings. The molecular formula is C6H9N5O2. The number of hydrogen-bond donors (Lipinski definition) is 2. The third-order valence-corrected chi connectivity index (χ3v) is 1.34. The Balaban J connectivity index is 2.64. The molecular weight excluding hydrogens is 174 g/mol. The highest BCUT2D eigenvalue weighted by molar-refractivity contribution is 5.73. The molecule has 7 nitrogen and oxygen atoms in total. The Kier molecular flexibility index (Phi) is 2.80. The molecule has 0 radical (unpaired) electrons. The predicted octanol–water partition coefficient (Wildman–Crippen LogP) is -1.47. The summed E-state index contributed by atoms with van der Waals surface area (Å²) in [6.07, 6.45) is 0.0373. The summed E-state index contributed by atoms with van der Waals surface area (Å²) in [5, 5.41) is 23.0. The monoisotopic (exact) mass is 183 g/mol. The van der Waals surface area contributed by atoms with E-state index in [4.69, 9.17) is 10.8 Å². The van der Waals surface area contributed by atoms with Crippen LogP contribution in [0.15, 0.2) is 0 Å². The molecule has 0 spiro atoms. The SMILES string of the molecule is Cc1nnc(CC(N)C(=O)O)nn1. The van der Waals surface area contributed by atoms with Gasteiger partial charge >= 0.3 is 5.97 Å². The van der Waals surface area contributed by atoms with E-state index in [0.717, 1.165) is 0 Å². The van der Waals surface area contributed by atoms with Gasteiger partial charge in [0, 0.05) is 6.42 Å². The van der Waals surface area contributed by atoms with Gasteiger partial charge in [0.15, 0.2) is 11.6 Å². The van der Waals surface area contributed by atoms with Crippen LogP contribution in [0.5, 0.6) is 0 Å². The maximum Gasteiger partial charge on any atom is 0.320 e. The molecule has 3 N–H and O–H groups in total. The van der Waals surface area contributed by atoms with Crippen LogP contribution in [-0.2, 0) is 11.2 Å². The maximum absolute atomic E-state index is 10.3. The van der Waals surface area contributed by atoms with E-state index in [1.165, 1.54) is 0 Å². The second-order valence-corrected chi connectivity index (χ2v) is 2.51. The van der Waals surface area contributed by atoms with Gasteiger partial charge in [-0.05, 0) is 6.92 Å². The van der Waals surface area contributed by atoms with Crippen LogP contribution in [-0.4, -0.2) is 37.5 Å². The number of aliphatic carboxylic acids is 1. The molecule has 7 heteroatoms. The van der Waals surface area contributed by atoms with Gasteiger partial charge in [0.05, 0.1) is 0 Å². The van der Waals surface area contributed by atoms with E-state index in [2.05, 4.69) is 20.4 Å². The van der Waals surface area contributed by atoms with Gasteiger partial charge in [0.2, 0.25) is 0 Å². The highest BCUT2D eigenvalue weighted by Crippen LogP contribution is 1.91. The Bertz CT molecular complexity index is 298. The second kappa shape index (κ2) is 3.85. The Hall–Kier alpha value is -1.63. The standard InChI is InChI=1S/C6H9N5O2/c1-3-8-10-5(11-9-3)2-4(7)6(12)13/h4H,2,7H2,1H3,(H,12,13). The number of carboxylic acid groups (broad SMARTS) is 1. The van der Waals surface area contributed by atoms with E-state index in [1.54, 1.807) is 6.92 Å². The lowest BCUT2D eigenvalue weighted by molar-refractivity contribution is -0.138. The van der Waals surface area contributed by atoms with Crippen molar-refractivity contribution < 1.29 is 9.90 Å². The molecule has 1 aromatic heterocycles. The van der Waals surface area contributed by atoms with Crippen molar-refractivity contribution in [3.63, 3.8) is 0 Å². The number of aromatic nitrogens is 4. The largest absolute Gasteiger partial charge is 0.480 e. The third kappa shape index (κ3) is 2.71. The molecule has 1 heterocycles. The maximum atomic E-state index is 10.3. The molecule has 13 heavy (non-hydrogen) atoms. The van der Waals surface area contributed by atoms with Crippen LogP contribution in [0.3, 0.4) is 0 Å². The topological polar surface area (TPSA) is 115 Å². The summed E-state index contributed by atoms with van der Waals surface area (Å²) in [4.78, 5) is 10.3. The van der Waals surface area contributed by atoms with Gasteiger partial charge in [0.1, 0.15) is 6.04 Å². The lowest BCUT2D eigenvalue weighted by Gasteiger charge is -2.02. The molecule has 0 bridgehead atoms. The van der Waals surface area contributed by atoms with E-state index in [-0.39, 0.29) is 12.2 Å². The first-order chi connectivity index (χ1) is 6.09. The Morgan fingerprint density at radius 2 is 2.00 bits per heavy atom. The van der Waals surface area contributed by atoms with Crippen molar-refractivity contribution in [2.75, 3.05) is 0 Å². The quantitative estimate of drug-likeness (QED) is 0.587. The van der Waals surface area contributed by atoms with Crippen LogP contribution >= 0.6 is 0 Å². The van der Waals surface area contributed by atoms with Gasteiger partial charge in [0.25, 0.3) is 0 Å². The van der Waals surface area contributed by atoms with Crippen molar-refractivity contribution in [3.8, 4) is 0 Å². The minimum absolute atomic E-state index is 0.0373. The molecule has 1 unspecified atom stereocenters. The molecule has 0 amide bonds. The zero-order valence-electron chi connectivity index (χ0n) is 7.01. The first-order valence-electron chi connectivity index (χ1n) is 3.61. The smallest absolute Gasteiger partial charge is 0.320 e. The predicted molar refractivity (Wildman–Crippen MR) is 41.7 cm³/mol. The lowest BCUT2D eigenvalue weighted by Crippen LogP contribution is -2.33. The van der Waals surface area contributed by atoms with Gasteiger partial charge < -0.3 is 10.8 Å². The molecule has 1 atom stereocenters. The van der Waals surface area contributed by atoms with Gasteiger partial charge in [-0.15, -0.1) is 20.4 Å². The van der Waals surface area contributed by atoms with Crippen molar-refractivity contribution in [2.45, 2.75) is 19.4 Å². The lowest BCUT2D eigenvalue weighted by atomic mass is 10.2. The minimum atomic E-state index is -1.09. The molecule has 0 aliphatic heterocycles. The van der Waals surface area contributed by atoms with Crippen molar-refractivity contribution in [2.24, 2.45) is 5.73 Å². The second-order valence-electron chi connectivity index (χ2n) is 2.51. The number of carboxylic acids is 1. The Morgan fingerprint density at radius 1 is 1.46 bits per heavy atom. The summed E-state index contributed by atoms with van der Waals surface area (Å²) < 4.78 is 0. The fraction of sp³-hybridized carbons (Fsp3) is 0.500. The molecule has 0 aliphatic rings. The molecule has 1 rings (SSSR count). The molecule has 0 aliphatic carbocycles. The van der Waals surface area contributed by atoms with Crippen LogP contribution in [0.4, 0.5) is 0 Å². The first-order valence-corrected chi connectivity index (χ1v) is 3.61. The van der Waals surface area contributed by atoms with Crippen molar-refractivity contribution >= 4 is 5.97 Å². The van der Waals surface area contributed by atoms with Crippen molar-refractivity contribution in [1.29, 1.82) is 0 Å². The number of rotatable bonds is 3. The average molecular weight is 183 g/mol. The van der Waals surface area contributed by atoms with Crippen LogP contribution in [0.1, 0.15) is 11.6 Å². The van der Waals surface area contributed by atoms with E-state index in [0.29, 0.717) is 5.82 Å². The average Bonchev–Trinajstić information content (AvgIpc) is 2.08. The molecule has 70 valence electrons. The van der Waals surface area contributed by atoms with E-state index < -0.39 is 12.0 Å². The van der Waals surface area contributed by atoms with Crippen LogP contribution in [0, 0.1) is 6.92 Å². The fourth-order valence-corrected chi connectivity index (χ4v) is 0.666. The summed E-state index contributed by atoms with van der Waals surface area (Å²) in [7, 11) is 0. The van der Waals surface area contributed by atoms with Gasteiger partial charge in [-0.3, -0.25) is 4.79 Å². The number of aryl methyl sites for hydroxylation is 1. The summed E-state index contributed by atoms with van der Waals surface area (Å²) in [5.74, 6) is -0.419. The normalized spacial score (nSPS) is 12.5. The molecule has 0 fully saturated rings. The molecule has 0 aromatic carbocycles. The zero-order valence-corrected chi connectivity index (χ0v) is 7.01. The number of nitrogens with zero attached hydrogens (tertiary/aromatic N) is 4. The van der Waals surface area contributed by atoms with Crippen LogP contribution in [0.2, 0.25) is 0 Å². The van der Waals surface area contributed by atoms with Gasteiger partial charge in [-0.2, -0.15) is 0 Å². The Morgan fingerprint density at radius 3 is 2.46 bits per heavy atom. The van der Waals surface area contributed by atoms with E-state index >= 15 is 0 Å². The number of nitrogens with two attached hydrogens (primary N) is 1.